The maximum Gasteiger partial charge on any atom is 0.228 e. The van der Waals surface area contributed by atoms with Gasteiger partial charge in [-0.25, -0.2) is 0 Å². The van der Waals surface area contributed by atoms with Crippen LogP contribution in [0.3, 0.4) is 0 Å². The van der Waals surface area contributed by atoms with E-state index in [1.807, 2.05) is 13.0 Å². The van der Waals surface area contributed by atoms with Crippen LogP contribution in [-0.4, -0.2) is 11.0 Å². The topological polar surface area (TPSA) is 49.3 Å². The van der Waals surface area contributed by atoms with Crippen LogP contribution in [0.5, 0.6) is 5.75 Å². The molecule has 0 saturated heterocycles. The summed E-state index contributed by atoms with van der Waals surface area (Å²) in [5, 5.41) is 13.0. The zero-order chi connectivity index (χ0) is 13.8. The molecule has 0 saturated carbocycles. The number of phenols is 1. The lowest BCUT2D eigenvalue weighted by Gasteiger charge is -2.09. The first kappa shape index (κ1) is 13.4. The first-order chi connectivity index (χ1) is 9.06. The zero-order valence-corrected chi connectivity index (χ0v) is 11.2. The van der Waals surface area contributed by atoms with Gasteiger partial charge in [-0.05, 0) is 30.7 Å². The van der Waals surface area contributed by atoms with Crippen molar-refractivity contribution < 1.29 is 9.90 Å². The van der Waals surface area contributed by atoms with E-state index in [9.17, 15) is 9.90 Å². The number of rotatable bonds is 3. The number of aryl methyl sites for hydroxylation is 1. The minimum Gasteiger partial charge on any atom is -0.508 e. The Hall–Kier alpha value is -2.00. The fraction of sp³-hybridized carbons (Fsp3) is 0.133. The lowest BCUT2D eigenvalue weighted by molar-refractivity contribution is -0.115. The molecule has 0 aliphatic rings. The Labute approximate surface area is 116 Å². The van der Waals surface area contributed by atoms with Crippen molar-refractivity contribution in [3.63, 3.8) is 0 Å². The van der Waals surface area contributed by atoms with E-state index in [1.54, 1.807) is 36.4 Å². The molecule has 2 aromatic rings. The van der Waals surface area contributed by atoms with Crippen molar-refractivity contribution in [3.05, 3.63) is 58.6 Å². The molecule has 2 rings (SSSR count). The average molecular weight is 276 g/mol. The van der Waals surface area contributed by atoms with Crippen LogP contribution in [0.15, 0.2) is 42.5 Å². The standard InChI is InChI=1S/C15H14ClNO2/c1-10-6-7-12(16)9-13(10)17-15(19)8-11-4-2-3-5-14(11)18/h2-7,9,18H,8H2,1H3,(H,17,19). The Morgan fingerprint density at radius 3 is 2.74 bits per heavy atom. The van der Waals surface area contributed by atoms with Gasteiger partial charge in [0.2, 0.25) is 5.91 Å². The second-order valence-corrected chi connectivity index (χ2v) is 4.75. The smallest absolute Gasteiger partial charge is 0.228 e. The van der Waals surface area contributed by atoms with E-state index in [0.717, 1.165) is 5.56 Å². The molecule has 19 heavy (non-hydrogen) atoms. The number of anilines is 1. The van der Waals surface area contributed by atoms with E-state index in [0.29, 0.717) is 16.3 Å². The molecule has 1 amide bonds. The van der Waals surface area contributed by atoms with Gasteiger partial charge < -0.3 is 10.4 Å². The summed E-state index contributed by atoms with van der Waals surface area (Å²) in [6.45, 7) is 1.89. The lowest BCUT2D eigenvalue weighted by atomic mass is 10.1. The van der Waals surface area contributed by atoms with Crippen LogP contribution in [0.4, 0.5) is 5.69 Å². The maximum absolute atomic E-state index is 11.9. The molecule has 0 spiro atoms. The van der Waals surface area contributed by atoms with Gasteiger partial charge in [-0.3, -0.25) is 4.79 Å². The van der Waals surface area contributed by atoms with E-state index in [-0.39, 0.29) is 18.1 Å². The number of aromatic hydroxyl groups is 1. The Morgan fingerprint density at radius 2 is 2.00 bits per heavy atom. The summed E-state index contributed by atoms with van der Waals surface area (Å²) in [5.74, 6) is -0.0627. The number of halogens is 1. The Balaban J connectivity index is 2.10. The largest absolute Gasteiger partial charge is 0.508 e. The summed E-state index contributed by atoms with van der Waals surface area (Å²) in [5.41, 5.74) is 2.22. The molecule has 0 heterocycles. The van der Waals surface area contributed by atoms with Gasteiger partial charge in [0, 0.05) is 16.3 Å². The minimum absolute atomic E-state index is 0.124. The highest BCUT2D eigenvalue weighted by Gasteiger charge is 2.09. The van der Waals surface area contributed by atoms with E-state index in [4.69, 9.17) is 11.6 Å². The number of hydrogen-bond acceptors (Lipinski definition) is 2. The van der Waals surface area contributed by atoms with Crippen molar-refractivity contribution in [1.29, 1.82) is 0 Å². The van der Waals surface area contributed by atoms with Crippen LogP contribution < -0.4 is 5.32 Å². The van der Waals surface area contributed by atoms with Crippen molar-refractivity contribution in [2.75, 3.05) is 5.32 Å². The maximum atomic E-state index is 11.9. The first-order valence-corrected chi connectivity index (χ1v) is 6.27. The third kappa shape index (κ3) is 3.48. The first-order valence-electron chi connectivity index (χ1n) is 5.89. The lowest BCUT2D eigenvalue weighted by Crippen LogP contribution is -2.15. The van der Waals surface area contributed by atoms with Gasteiger partial charge in [-0.2, -0.15) is 0 Å². The van der Waals surface area contributed by atoms with Gasteiger partial charge in [0.1, 0.15) is 5.75 Å². The summed E-state index contributed by atoms with van der Waals surface area (Å²) in [6.07, 6.45) is 0.124. The molecule has 4 heteroatoms. The molecule has 0 radical (unpaired) electrons. The van der Waals surface area contributed by atoms with Gasteiger partial charge in [0.25, 0.3) is 0 Å². The molecule has 3 nitrogen and oxygen atoms in total. The molecule has 0 aliphatic heterocycles. The monoisotopic (exact) mass is 275 g/mol. The molecular formula is C15H14ClNO2. The number of benzene rings is 2. The van der Waals surface area contributed by atoms with Crippen LogP contribution in [0.2, 0.25) is 5.02 Å². The zero-order valence-electron chi connectivity index (χ0n) is 10.5. The second-order valence-electron chi connectivity index (χ2n) is 4.31. The number of carbonyl (C=O) groups is 1. The van der Waals surface area contributed by atoms with Crippen LogP contribution in [0.25, 0.3) is 0 Å². The van der Waals surface area contributed by atoms with E-state index >= 15 is 0 Å². The second kappa shape index (κ2) is 5.76. The van der Waals surface area contributed by atoms with Crippen LogP contribution in [-0.2, 0) is 11.2 Å². The van der Waals surface area contributed by atoms with Crippen molar-refractivity contribution in [3.8, 4) is 5.75 Å². The Bertz CT molecular complexity index is 611. The van der Waals surface area contributed by atoms with E-state index < -0.39 is 0 Å². The molecule has 0 aromatic heterocycles. The highest BCUT2D eigenvalue weighted by atomic mass is 35.5. The Morgan fingerprint density at radius 1 is 1.26 bits per heavy atom. The molecule has 0 aliphatic carbocycles. The minimum atomic E-state index is -0.188. The molecule has 0 atom stereocenters. The van der Waals surface area contributed by atoms with Crippen molar-refractivity contribution in [1.82, 2.24) is 0 Å². The van der Waals surface area contributed by atoms with Crippen molar-refractivity contribution in [2.24, 2.45) is 0 Å². The highest BCUT2D eigenvalue weighted by Crippen LogP contribution is 2.21. The quantitative estimate of drug-likeness (QED) is 0.900. The third-order valence-electron chi connectivity index (χ3n) is 2.82. The molecule has 0 unspecified atom stereocenters. The third-order valence-corrected chi connectivity index (χ3v) is 3.05. The summed E-state index contributed by atoms with van der Waals surface area (Å²) in [4.78, 5) is 11.9. The number of amides is 1. The van der Waals surface area contributed by atoms with Gasteiger partial charge in [-0.1, -0.05) is 35.9 Å². The fourth-order valence-electron chi connectivity index (χ4n) is 1.76. The SMILES string of the molecule is Cc1ccc(Cl)cc1NC(=O)Cc1ccccc1O. The number of hydrogen-bond donors (Lipinski definition) is 2. The summed E-state index contributed by atoms with van der Waals surface area (Å²) >= 11 is 5.89. The molecular weight excluding hydrogens is 262 g/mol. The number of nitrogens with one attached hydrogen (secondary N) is 1. The molecule has 2 aromatic carbocycles. The van der Waals surface area contributed by atoms with Crippen molar-refractivity contribution >= 4 is 23.2 Å². The summed E-state index contributed by atoms with van der Waals surface area (Å²) in [7, 11) is 0. The average Bonchev–Trinajstić information content (AvgIpc) is 2.37. The van der Waals surface area contributed by atoms with Gasteiger partial charge in [0.15, 0.2) is 0 Å². The molecule has 0 bridgehead atoms. The number of carbonyl (C=O) groups excluding carboxylic acids is 1. The normalized spacial score (nSPS) is 10.2. The molecule has 2 N–H and O–H groups in total. The highest BCUT2D eigenvalue weighted by molar-refractivity contribution is 6.31. The van der Waals surface area contributed by atoms with Crippen LogP contribution in [0.1, 0.15) is 11.1 Å². The van der Waals surface area contributed by atoms with E-state index in [2.05, 4.69) is 5.32 Å². The molecule has 0 fully saturated rings. The fourth-order valence-corrected chi connectivity index (χ4v) is 1.93. The van der Waals surface area contributed by atoms with Gasteiger partial charge in [0.05, 0.1) is 6.42 Å². The van der Waals surface area contributed by atoms with Crippen molar-refractivity contribution in [2.45, 2.75) is 13.3 Å². The summed E-state index contributed by atoms with van der Waals surface area (Å²) < 4.78 is 0. The molecule has 98 valence electrons. The number of phenolic OH excluding ortho intramolecular Hbond substituents is 1. The van der Waals surface area contributed by atoms with E-state index in [1.165, 1.54) is 0 Å². The van der Waals surface area contributed by atoms with Crippen LogP contribution >= 0.6 is 11.6 Å². The van der Waals surface area contributed by atoms with Gasteiger partial charge in [-0.15, -0.1) is 0 Å². The van der Waals surface area contributed by atoms with Crippen LogP contribution in [0, 0.1) is 6.92 Å². The summed E-state index contributed by atoms with van der Waals surface area (Å²) in [6, 6.07) is 12.1. The number of para-hydroxylation sites is 1. The van der Waals surface area contributed by atoms with Gasteiger partial charge >= 0.3 is 0 Å². The predicted octanol–water partition coefficient (Wildman–Crippen LogP) is 3.54. The predicted molar refractivity (Wildman–Crippen MR) is 76.6 cm³/mol. The Kier molecular flexibility index (Phi) is 4.07.